The third kappa shape index (κ3) is 4.73. The van der Waals surface area contributed by atoms with Gasteiger partial charge >= 0.3 is 0 Å². The number of aryl methyl sites for hydroxylation is 1. The maximum atomic E-state index is 12.2. The molecule has 0 spiro atoms. The number of aromatic nitrogens is 2. The van der Waals surface area contributed by atoms with Crippen molar-refractivity contribution in [3.05, 3.63) is 42.4 Å². The van der Waals surface area contributed by atoms with Gasteiger partial charge in [0.25, 0.3) is 0 Å². The van der Waals surface area contributed by atoms with Crippen LogP contribution in [-0.4, -0.2) is 27.7 Å². The first-order valence-corrected chi connectivity index (χ1v) is 7.95. The molecular weight excluding hydrogens is 298 g/mol. The van der Waals surface area contributed by atoms with E-state index < -0.39 is 0 Å². The number of benzene rings is 1. The van der Waals surface area contributed by atoms with Crippen LogP contribution in [0.1, 0.15) is 19.5 Å². The standard InChI is InChI=1S/C16H19N3O2S/c1-4-21-14-7-5-13(6-8-14)19-16(20)12(3)22-15-9-11(2)17-10-18-15/h5-10,12H,4H2,1-3H3,(H,19,20). The normalized spacial score (nSPS) is 11.8. The average Bonchev–Trinajstić information content (AvgIpc) is 2.49. The summed E-state index contributed by atoms with van der Waals surface area (Å²) in [5.41, 5.74) is 1.64. The monoisotopic (exact) mass is 317 g/mol. The fraction of sp³-hybridized carbons (Fsp3) is 0.312. The van der Waals surface area contributed by atoms with Crippen molar-refractivity contribution in [1.29, 1.82) is 0 Å². The summed E-state index contributed by atoms with van der Waals surface area (Å²) >= 11 is 1.41. The molecule has 1 aromatic carbocycles. The first-order valence-electron chi connectivity index (χ1n) is 7.07. The Morgan fingerprint density at radius 1 is 1.32 bits per heavy atom. The van der Waals surface area contributed by atoms with Gasteiger partial charge in [-0.2, -0.15) is 0 Å². The second-order valence-corrected chi connectivity index (χ2v) is 6.07. The first-order chi connectivity index (χ1) is 10.6. The molecule has 6 heteroatoms. The molecule has 0 fully saturated rings. The Hall–Kier alpha value is -2.08. The van der Waals surface area contributed by atoms with Crippen molar-refractivity contribution in [1.82, 2.24) is 9.97 Å². The zero-order valence-corrected chi connectivity index (χ0v) is 13.7. The van der Waals surface area contributed by atoms with E-state index in [0.717, 1.165) is 22.2 Å². The van der Waals surface area contributed by atoms with Crippen LogP contribution in [-0.2, 0) is 4.79 Å². The van der Waals surface area contributed by atoms with Gasteiger partial charge in [0.1, 0.15) is 17.1 Å². The van der Waals surface area contributed by atoms with Gasteiger partial charge in [-0.15, -0.1) is 0 Å². The number of nitrogens with zero attached hydrogens (tertiary/aromatic N) is 2. The molecule has 2 rings (SSSR count). The van der Waals surface area contributed by atoms with Gasteiger partial charge in [-0.25, -0.2) is 9.97 Å². The Labute approximate surface area is 134 Å². The Morgan fingerprint density at radius 2 is 2.05 bits per heavy atom. The van der Waals surface area contributed by atoms with E-state index in [0.29, 0.717) is 6.61 Å². The summed E-state index contributed by atoms with van der Waals surface area (Å²) in [4.78, 5) is 20.4. The van der Waals surface area contributed by atoms with E-state index in [1.54, 1.807) is 0 Å². The summed E-state index contributed by atoms with van der Waals surface area (Å²) < 4.78 is 5.37. The number of hydrogen-bond acceptors (Lipinski definition) is 5. The molecule has 0 saturated heterocycles. The highest BCUT2D eigenvalue weighted by Crippen LogP contribution is 2.23. The SMILES string of the molecule is CCOc1ccc(NC(=O)C(C)Sc2cc(C)ncn2)cc1. The van der Waals surface area contributed by atoms with E-state index in [9.17, 15) is 4.79 Å². The summed E-state index contributed by atoms with van der Waals surface area (Å²) in [5, 5.41) is 3.43. The van der Waals surface area contributed by atoms with Crippen LogP contribution >= 0.6 is 11.8 Å². The van der Waals surface area contributed by atoms with E-state index in [1.807, 2.05) is 51.1 Å². The largest absolute Gasteiger partial charge is 0.494 e. The summed E-state index contributed by atoms with van der Waals surface area (Å²) in [5.74, 6) is 0.727. The molecule has 2 aromatic rings. The number of ether oxygens (including phenoxy) is 1. The third-order valence-corrected chi connectivity index (χ3v) is 3.91. The topological polar surface area (TPSA) is 64.1 Å². The Kier molecular flexibility index (Phi) is 5.77. The van der Waals surface area contributed by atoms with Crippen molar-refractivity contribution in [2.45, 2.75) is 31.0 Å². The summed E-state index contributed by atoms with van der Waals surface area (Å²) in [6, 6.07) is 9.20. The predicted molar refractivity (Wildman–Crippen MR) is 88.3 cm³/mol. The molecule has 1 amide bonds. The molecule has 0 aliphatic rings. The number of carbonyl (C=O) groups is 1. The molecule has 22 heavy (non-hydrogen) atoms. The smallest absolute Gasteiger partial charge is 0.237 e. The maximum Gasteiger partial charge on any atom is 0.237 e. The molecule has 1 unspecified atom stereocenters. The average molecular weight is 317 g/mol. The lowest BCUT2D eigenvalue weighted by Gasteiger charge is -2.12. The van der Waals surface area contributed by atoms with Crippen LogP contribution in [0.4, 0.5) is 5.69 Å². The zero-order valence-electron chi connectivity index (χ0n) is 12.9. The van der Waals surface area contributed by atoms with Crippen molar-refractivity contribution < 1.29 is 9.53 Å². The summed E-state index contributed by atoms with van der Waals surface area (Å²) in [6.07, 6.45) is 1.51. The van der Waals surface area contributed by atoms with Crippen LogP contribution in [0.2, 0.25) is 0 Å². The highest BCUT2D eigenvalue weighted by atomic mass is 32.2. The molecule has 0 saturated carbocycles. The van der Waals surface area contributed by atoms with E-state index in [1.165, 1.54) is 18.1 Å². The molecule has 1 heterocycles. The maximum absolute atomic E-state index is 12.2. The number of rotatable bonds is 6. The highest BCUT2D eigenvalue weighted by Gasteiger charge is 2.15. The Morgan fingerprint density at radius 3 is 2.68 bits per heavy atom. The number of hydrogen-bond donors (Lipinski definition) is 1. The van der Waals surface area contributed by atoms with Crippen molar-refractivity contribution in [3.63, 3.8) is 0 Å². The zero-order chi connectivity index (χ0) is 15.9. The van der Waals surface area contributed by atoms with Gasteiger partial charge < -0.3 is 10.1 Å². The molecule has 116 valence electrons. The number of thioether (sulfide) groups is 1. The van der Waals surface area contributed by atoms with E-state index >= 15 is 0 Å². The van der Waals surface area contributed by atoms with Crippen molar-refractivity contribution in [2.75, 3.05) is 11.9 Å². The van der Waals surface area contributed by atoms with Crippen LogP contribution < -0.4 is 10.1 Å². The minimum atomic E-state index is -0.249. The number of nitrogens with one attached hydrogen (secondary N) is 1. The van der Waals surface area contributed by atoms with Gasteiger partial charge in [0.15, 0.2) is 0 Å². The lowest BCUT2D eigenvalue weighted by Crippen LogP contribution is -2.22. The Bertz CT molecular complexity index is 632. The summed E-state index contributed by atoms with van der Waals surface area (Å²) in [7, 11) is 0. The fourth-order valence-electron chi connectivity index (χ4n) is 1.77. The number of carbonyl (C=O) groups excluding carboxylic acids is 1. The minimum absolute atomic E-state index is 0.0644. The van der Waals surface area contributed by atoms with E-state index in [4.69, 9.17) is 4.74 Å². The fourth-order valence-corrected chi connectivity index (χ4v) is 2.65. The highest BCUT2D eigenvalue weighted by molar-refractivity contribution is 8.00. The Balaban J connectivity index is 1.93. The molecule has 0 aliphatic heterocycles. The van der Waals surface area contributed by atoms with E-state index in [2.05, 4.69) is 15.3 Å². The van der Waals surface area contributed by atoms with Gasteiger partial charge in [-0.3, -0.25) is 4.79 Å². The second kappa shape index (κ2) is 7.79. The molecule has 1 atom stereocenters. The molecular formula is C16H19N3O2S. The number of anilines is 1. The van der Waals surface area contributed by atoms with Gasteiger partial charge in [0, 0.05) is 11.4 Å². The lowest BCUT2D eigenvalue weighted by molar-refractivity contribution is -0.115. The van der Waals surface area contributed by atoms with Crippen LogP contribution in [0.5, 0.6) is 5.75 Å². The van der Waals surface area contributed by atoms with Crippen LogP contribution in [0.25, 0.3) is 0 Å². The first kappa shape index (κ1) is 16.3. The van der Waals surface area contributed by atoms with Crippen molar-refractivity contribution in [3.8, 4) is 5.75 Å². The summed E-state index contributed by atoms with van der Waals surface area (Å²) in [6.45, 7) is 6.31. The predicted octanol–water partition coefficient (Wildman–Crippen LogP) is 3.30. The van der Waals surface area contributed by atoms with Crippen LogP contribution in [0.3, 0.4) is 0 Å². The van der Waals surface area contributed by atoms with Gasteiger partial charge in [0.2, 0.25) is 5.91 Å². The molecule has 1 aromatic heterocycles. The van der Waals surface area contributed by atoms with Crippen LogP contribution in [0, 0.1) is 6.92 Å². The van der Waals surface area contributed by atoms with Crippen molar-refractivity contribution in [2.24, 2.45) is 0 Å². The van der Waals surface area contributed by atoms with E-state index in [-0.39, 0.29) is 11.2 Å². The quantitative estimate of drug-likeness (QED) is 0.654. The third-order valence-electron chi connectivity index (χ3n) is 2.88. The molecule has 1 N–H and O–H groups in total. The molecule has 0 aliphatic carbocycles. The number of amides is 1. The molecule has 0 radical (unpaired) electrons. The van der Waals surface area contributed by atoms with Gasteiger partial charge in [0.05, 0.1) is 11.9 Å². The van der Waals surface area contributed by atoms with Gasteiger partial charge in [-0.1, -0.05) is 11.8 Å². The van der Waals surface area contributed by atoms with Gasteiger partial charge in [-0.05, 0) is 51.1 Å². The second-order valence-electron chi connectivity index (χ2n) is 4.70. The molecule has 5 nitrogen and oxygen atoms in total. The molecule has 0 bridgehead atoms. The lowest BCUT2D eigenvalue weighted by atomic mass is 10.3. The minimum Gasteiger partial charge on any atom is -0.494 e. The van der Waals surface area contributed by atoms with Crippen LogP contribution in [0.15, 0.2) is 41.7 Å². The van der Waals surface area contributed by atoms with Crippen molar-refractivity contribution >= 4 is 23.4 Å².